The van der Waals surface area contributed by atoms with Crippen molar-refractivity contribution < 1.29 is 83.6 Å². The van der Waals surface area contributed by atoms with Gasteiger partial charge in [0.1, 0.15) is 26.2 Å². The molecular weight excluding hydrogens is 462 g/mol. The molecule has 3 N–H and O–H groups in total. The van der Waals surface area contributed by atoms with Crippen molar-refractivity contribution >= 4 is 19.5 Å². The minimum atomic E-state index is 0. The molecule has 0 saturated heterocycles. The molecule has 5 nitrogen and oxygen atoms in total. The van der Waals surface area contributed by atoms with Gasteiger partial charge in [0.2, 0.25) is 0 Å². The summed E-state index contributed by atoms with van der Waals surface area (Å²) in [7, 11) is 12.2. The number of nitrogens with zero attached hydrogens (tertiary/aromatic N) is 2. The predicted molar refractivity (Wildman–Crippen MR) is 107 cm³/mol. The largest absolute Gasteiger partial charge is 1.00 e. The third kappa shape index (κ3) is 14.7. The maximum absolute atomic E-state index is 4.22. The van der Waals surface area contributed by atoms with Gasteiger partial charge in [-0.15, -0.1) is 10.9 Å². The summed E-state index contributed by atoms with van der Waals surface area (Å²) in [5.41, 5.74) is 2.06. The summed E-state index contributed by atoms with van der Waals surface area (Å²) in [6.45, 7) is 5.12. The molecule has 0 spiro atoms. The van der Waals surface area contributed by atoms with E-state index in [4.69, 9.17) is 0 Å². The quantitative estimate of drug-likeness (QED) is 0.319. The van der Waals surface area contributed by atoms with Crippen LogP contribution in [0.1, 0.15) is 0 Å². The third-order valence-corrected chi connectivity index (χ3v) is 4.62. The Morgan fingerprint density at radius 3 is 1.42 bits per heavy atom. The Kier molecular flexibility index (Phi) is 17.0. The Hall–Kier alpha value is 0.662. The average molecular weight is 496 g/mol. The molecule has 0 fully saturated rings. The number of pyridine rings is 2. The van der Waals surface area contributed by atoms with Crippen LogP contribution in [0.2, 0.25) is 0 Å². The molecule has 0 radical (unpaired) electrons. The number of hydrogen-bond donors (Lipinski definition) is 3. The van der Waals surface area contributed by atoms with Crippen LogP contribution in [-0.4, -0.2) is 71.4 Å². The van der Waals surface area contributed by atoms with E-state index >= 15 is 0 Å². The van der Waals surface area contributed by atoms with Crippen molar-refractivity contribution in [3.63, 3.8) is 0 Å². The molecule has 0 saturated carbocycles. The molecule has 7 heteroatoms. The topological polar surface area (TPSA) is 39.1 Å². The molecule has 2 aromatic rings. The Balaban J connectivity index is 0.000000466. The molecule has 138 valence electrons. The summed E-state index contributed by atoms with van der Waals surface area (Å²) < 4.78 is 0. The van der Waals surface area contributed by atoms with E-state index in [1.807, 2.05) is 36.4 Å². The first-order valence-electron chi connectivity index (χ1n) is 8.90. The second kappa shape index (κ2) is 16.6. The first-order valence-corrected chi connectivity index (χ1v) is 9.80. The van der Waals surface area contributed by atoms with Gasteiger partial charge in [-0.3, -0.25) is 9.97 Å². The van der Waals surface area contributed by atoms with Gasteiger partial charge in [0, 0.05) is 12.4 Å². The van der Waals surface area contributed by atoms with Crippen LogP contribution in [0.4, 0.5) is 0 Å². The van der Waals surface area contributed by atoms with Crippen LogP contribution in [0.25, 0.3) is 0 Å². The fourth-order valence-corrected chi connectivity index (χ4v) is 2.81. The maximum atomic E-state index is 4.22. The van der Waals surface area contributed by atoms with Crippen molar-refractivity contribution in [2.45, 2.75) is 0 Å². The van der Waals surface area contributed by atoms with E-state index in [-0.39, 0.29) is 68.9 Å². The molecule has 2 rings (SSSR count). The van der Waals surface area contributed by atoms with E-state index < -0.39 is 0 Å². The Labute approximate surface area is 220 Å². The SMILES string of the molecule is C[NH+](C)CC[NH+](C)CC[NH+](C)C.[Cs+].c1ccc([P-]c2ccccn2)nc1. The van der Waals surface area contributed by atoms with Crippen LogP contribution >= 0.6 is 8.58 Å². The van der Waals surface area contributed by atoms with Gasteiger partial charge >= 0.3 is 68.9 Å². The minimum Gasteiger partial charge on any atom is -0.430 e. The van der Waals surface area contributed by atoms with Gasteiger partial charge in [-0.05, 0) is 12.1 Å². The number of hydrogen-bond acceptors (Lipinski definition) is 2. The second-order valence-electron chi connectivity index (χ2n) is 6.86. The van der Waals surface area contributed by atoms with Crippen LogP contribution in [0.5, 0.6) is 0 Å². The van der Waals surface area contributed by atoms with Crippen LogP contribution in [0, 0.1) is 0 Å². The van der Waals surface area contributed by atoms with Gasteiger partial charge < -0.3 is 23.3 Å². The van der Waals surface area contributed by atoms with Crippen molar-refractivity contribution in [3.8, 4) is 0 Å². The predicted octanol–water partition coefficient (Wildman–Crippen LogP) is -5.83. The zero-order valence-corrected chi connectivity index (χ0v) is 24.5. The molecule has 2 heterocycles. The Bertz CT molecular complexity index is 505. The van der Waals surface area contributed by atoms with Crippen molar-refractivity contribution in [1.29, 1.82) is 0 Å². The summed E-state index contributed by atoms with van der Waals surface area (Å²) in [5, 5.41) is 0. The van der Waals surface area contributed by atoms with Gasteiger partial charge in [-0.1, -0.05) is 24.3 Å². The van der Waals surface area contributed by atoms with Crippen molar-refractivity contribution in [2.24, 2.45) is 0 Å². The molecule has 0 bridgehead atoms. The fraction of sp³-hybridized carbons (Fsp3) is 0.474. The van der Waals surface area contributed by atoms with Gasteiger partial charge in [0.05, 0.1) is 35.2 Å². The minimum absolute atomic E-state index is 0. The first kappa shape index (κ1) is 26.7. The van der Waals surface area contributed by atoms with Crippen LogP contribution < -0.4 is 94.5 Å². The third-order valence-electron chi connectivity index (χ3n) is 3.63. The number of rotatable bonds is 8. The van der Waals surface area contributed by atoms with E-state index in [2.05, 4.69) is 45.2 Å². The van der Waals surface area contributed by atoms with E-state index in [0.717, 1.165) is 19.5 Å². The molecular formula is C19H34CsN5P+3. The van der Waals surface area contributed by atoms with Crippen molar-refractivity contribution in [3.05, 3.63) is 48.8 Å². The number of likely N-dealkylation sites (N-methyl/N-ethyl adjacent to an activating group) is 3. The van der Waals surface area contributed by atoms with Crippen LogP contribution in [0.15, 0.2) is 48.8 Å². The number of quaternary nitrogens is 3. The molecule has 0 aromatic carbocycles. The molecule has 2 aromatic heterocycles. The van der Waals surface area contributed by atoms with Gasteiger partial charge in [-0.25, -0.2) is 0 Å². The molecule has 0 atom stereocenters. The van der Waals surface area contributed by atoms with Crippen molar-refractivity contribution in [2.75, 3.05) is 61.4 Å². The van der Waals surface area contributed by atoms with E-state index in [0.29, 0.717) is 0 Å². The molecule has 0 unspecified atom stereocenters. The summed E-state index contributed by atoms with van der Waals surface area (Å²) in [6.07, 6.45) is 3.59. The van der Waals surface area contributed by atoms with E-state index in [9.17, 15) is 0 Å². The number of aromatic nitrogens is 2. The molecule has 0 amide bonds. The zero-order valence-electron chi connectivity index (χ0n) is 17.3. The van der Waals surface area contributed by atoms with Gasteiger partial charge in [-0.2, -0.15) is 0 Å². The smallest absolute Gasteiger partial charge is 0.430 e. The normalized spacial score (nSPS) is 10.5. The monoisotopic (exact) mass is 496 g/mol. The second-order valence-corrected chi connectivity index (χ2v) is 8.00. The molecule has 0 aliphatic carbocycles. The van der Waals surface area contributed by atoms with E-state index in [1.165, 1.54) is 26.2 Å². The number of nitrogens with one attached hydrogen (secondary N) is 3. The fourth-order valence-electron chi connectivity index (χ4n) is 2.01. The summed E-state index contributed by atoms with van der Waals surface area (Å²) >= 11 is 0. The zero-order chi connectivity index (χ0) is 18.5. The van der Waals surface area contributed by atoms with E-state index in [1.54, 1.807) is 27.1 Å². The van der Waals surface area contributed by atoms with Crippen LogP contribution in [0.3, 0.4) is 0 Å². The molecule has 0 aliphatic rings. The molecule has 26 heavy (non-hydrogen) atoms. The maximum Gasteiger partial charge on any atom is 1.00 e. The summed E-state index contributed by atoms with van der Waals surface area (Å²) in [6, 6.07) is 11.8. The summed E-state index contributed by atoms with van der Waals surface area (Å²) in [5.74, 6) is 0. The van der Waals surface area contributed by atoms with Crippen molar-refractivity contribution in [1.82, 2.24) is 9.97 Å². The standard InChI is InChI=1S/C10H8N2P.C9H23N3.Cs/c1-3-7-11-9(5-1)13-10-6-2-4-8-12-10;1-10(2)6-8-12(5)9-7-11(3)4;/h1-8H;6-9H2,1-5H3;/q-1;;+1/p+3. The summed E-state index contributed by atoms with van der Waals surface area (Å²) in [4.78, 5) is 13.2. The first-order chi connectivity index (χ1) is 12.0. The van der Waals surface area contributed by atoms with Gasteiger partial charge in [0.25, 0.3) is 0 Å². The average Bonchev–Trinajstić information content (AvgIpc) is 2.60. The van der Waals surface area contributed by atoms with Gasteiger partial charge in [0.15, 0.2) is 0 Å². The molecule has 0 aliphatic heterocycles. The van der Waals surface area contributed by atoms with Crippen LogP contribution in [-0.2, 0) is 0 Å². The Morgan fingerprint density at radius 2 is 1.12 bits per heavy atom. The Morgan fingerprint density at radius 1 is 0.692 bits per heavy atom.